The molecule has 7 nitrogen and oxygen atoms in total. The van der Waals surface area contributed by atoms with E-state index in [0.717, 1.165) is 0 Å². The van der Waals surface area contributed by atoms with Gasteiger partial charge in [-0.05, 0) is 30.3 Å². The molecule has 0 aliphatic carbocycles. The van der Waals surface area contributed by atoms with Crippen molar-refractivity contribution in [3.05, 3.63) is 64.4 Å². The number of hydrogen-bond donors (Lipinski definition) is 1. The maximum Gasteiger partial charge on any atom is 0.345 e. The van der Waals surface area contributed by atoms with Crippen LogP contribution < -0.4 is 11.3 Å². The summed E-state index contributed by atoms with van der Waals surface area (Å²) in [5.74, 6) is -0.803. The summed E-state index contributed by atoms with van der Waals surface area (Å²) in [5, 5.41) is 0.497. The Morgan fingerprint density at radius 2 is 1.81 bits per heavy atom. The van der Waals surface area contributed by atoms with Crippen molar-refractivity contribution >= 4 is 38.0 Å². The zero-order valence-corrected chi connectivity index (χ0v) is 15.9. The summed E-state index contributed by atoms with van der Waals surface area (Å²) in [6, 6.07) is 13.8. The summed E-state index contributed by atoms with van der Waals surface area (Å²) < 4.78 is 22.3. The van der Waals surface area contributed by atoms with Gasteiger partial charge in [-0.1, -0.05) is 18.2 Å². The highest BCUT2D eigenvalue weighted by atomic mass is 32.2. The van der Waals surface area contributed by atoms with Crippen molar-refractivity contribution < 1.29 is 13.7 Å². The first-order chi connectivity index (χ1) is 12.7. The smallest absolute Gasteiger partial charge is 0.345 e. The van der Waals surface area contributed by atoms with Gasteiger partial charge in [-0.2, -0.15) is 4.36 Å². The third-order valence-corrected chi connectivity index (χ3v) is 4.58. The second-order valence-electron chi connectivity index (χ2n) is 6.23. The topological polar surface area (TPSA) is 104 Å². The maximum atomic E-state index is 13.1. The number of nitrogens with zero attached hydrogens (tertiary/aromatic N) is 2. The molecule has 1 aromatic heterocycles. The van der Waals surface area contributed by atoms with Crippen molar-refractivity contribution in [1.29, 1.82) is 0 Å². The van der Waals surface area contributed by atoms with E-state index in [9.17, 15) is 13.8 Å². The Morgan fingerprint density at radius 3 is 2.41 bits per heavy atom. The van der Waals surface area contributed by atoms with Gasteiger partial charge in [0.05, 0.1) is 24.0 Å². The second-order valence-corrected chi connectivity index (χ2v) is 8.78. The highest BCUT2D eigenvalue weighted by molar-refractivity contribution is 7.92. The number of rotatable bonds is 3. The molecule has 0 unspecified atom stereocenters. The highest BCUT2D eigenvalue weighted by Gasteiger charge is 2.22. The third-order valence-electron chi connectivity index (χ3n) is 3.93. The van der Waals surface area contributed by atoms with Crippen LogP contribution in [0.15, 0.2) is 57.7 Å². The molecule has 140 valence electrons. The van der Waals surface area contributed by atoms with Gasteiger partial charge in [-0.3, -0.25) is 9.36 Å². The van der Waals surface area contributed by atoms with Crippen molar-refractivity contribution in [2.24, 2.45) is 4.36 Å². The summed E-state index contributed by atoms with van der Waals surface area (Å²) in [7, 11) is -1.19. The van der Waals surface area contributed by atoms with E-state index in [2.05, 4.69) is 4.36 Å². The third kappa shape index (κ3) is 3.56. The van der Waals surface area contributed by atoms with Crippen LogP contribution in [0.1, 0.15) is 10.4 Å². The Balaban J connectivity index is 2.50. The lowest BCUT2D eigenvalue weighted by atomic mass is 10.1. The van der Waals surface area contributed by atoms with Crippen LogP contribution in [0.2, 0.25) is 0 Å². The van der Waals surface area contributed by atoms with Crippen molar-refractivity contribution in [2.45, 2.75) is 0 Å². The molecule has 0 saturated heterocycles. The summed E-state index contributed by atoms with van der Waals surface area (Å²) in [6.07, 6.45) is 3.05. The van der Waals surface area contributed by atoms with E-state index in [1.54, 1.807) is 42.5 Å². The number of ether oxygens (including phenoxy) is 1. The van der Waals surface area contributed by atoms with E-state index < -0.39 is 21.3 Å². The lowest BCUT2D eigenvalue weighted by Gasteiger charge is -2.15. The molecule has 3 aromatic rings. The molecule has 2 aromatic carbocycles. The fourth-order valence-corrected chi connectivity index (χ4v) is 3.47. The zero-order chi connectivity index (χ0) is 19.8. The van der Waals surface area contributed by atoms with E-state index in [1.165, 1.54) is 24.2 Å². The van der Waals surface area contributed by atoms with Crippen molar-refractivity contribution in [2.75, 3.05) is 25.4 Å². The highest BCUT2D eigenvalue weighted by Crippen LogP contribution is 2.29. The van der Waals surface area contributed by atoms with Crippen LogP contribution in [0.25, 0.3) is 16.6 Å². The quantitative estimate of drug-likeness (QED) is 0.698. The van der Waals surface area contributed by atoms with Crippen LogP contribution in [0.5, 0.6) is 0 Å². The molecule has 0 fully saturated rings. The molecule has 3 rings (SSSR count). The van der Waals surface area contributed by atoms with Crippen LogP contribution in [-0.4, -0.2) is 34.4 Å². The Bertz CT molecular complexity index is 1220. The minimum atomic E-state index is -2.39. The van der Waals surface area contributed by atoms with Crippen LogP contribution >= 0.6 is 0 Å². The Kier molecular flexibility index (Phi) is 4.75. The van der Waals surface area contributed by atoms with Gasteiger partial charge in [0, 0.05) is 33.3 Å². The molecule has 0 spiro atoms. The fraction of sp³-hybridized carbons (Fsp3) is 0.158. The number of para-hydroxylation sites is 1. The minimum Gasteiger partial charge on any atom is -0.465 e. The number of anilines is 1. The number of fused-ring (bicyclic) bond motifs is 1. The molecular formula is C19H19N3O4S. The number of nitrogens with two attached hydrogens (primary N) is 1. The minimum absolute atomic E-state index is 0.0364. The van der Waals surface area contributed by atoms with E-state index in [4.69, 9.17) is 10.5 Å². The number of nitrogen functional groups attached to an aromatic ring is 1. The second kappa shape index (κ2) is 6.88. The zero-order valence-electron chi connectivity index (χ0n) is 15.1. The lowest BCUT2D eigenvalue weighted by molar-refractivity contribution is 0.0600. The lowest BCUT2D eigenvalue weighted by Crippen LogP contribution is -2.28. The first-order valence-electron chi connectivity index (χ1n) is 8.02. The molecule has 27 heavy (non-hydrogen) atoms. The first-order valence-corrected chi connectivity index (χ1v) is 10.3. The van der Waals surface area contributed by atoms with Crippen LogP contribution in [-0.2, 0) is 14.5 Å². The number of benzene rings is 2. The number of carbonyl (C=O) groups is 1. The molecule has 0 atom stereocenters. The van der Waals surface area contributed by atoms with Gasteiger partial charge in [0.2, 0.25) is 0 Å². The molecule has 0 saturated carbocycles. The molecule has 0 aliphatic rings. The predicted molar refractivity (Wildman–Crippen MR) is 107 cm³/mol. The van der Waals surface area contributed by atoms with Gasteiger partial charge < -0.3 is 10.5 Å². The van der Waals surface area contributed by atoms with Gasteiger partial charge in [0.1, 0.15) is 5.56 Å². The Labute approximate surface area is 156 Å². The normalized spacial score (nSPS) is 11.4. The summed E-state index contributed by atoms with van der Waals surface area (Å²) in [5.41, 5.74) is 6.80. The molecule has 1 heterocycles. The van der Waals surface area contributed by atoms with Gasteiger partial charge in [-0.25, -0.2) is 9.00 Å². The predicted octanol–water partition coefficient (Wildman–Crippen LogP) is 2.72. The number of carbonyl (C=O) groups excluding carboxylic acids is 1. The maximum absolute atomic E-state index is 13.1. The van der Waals surface area contributed by atoms with Crippen LogP contribution in [0.4, 0.5) is 11.4 Å². The van der Waals surface area contributed by atoms with Gasteiger partial charge >= 0.3 is 5.97 Å². The average molecular weight is 385 g/mol. The monoisotopic (exact) mass is 385 g/mol. The van der Waals surface area contributed by atoms with Gasteiger partial charge in [0.25, 0.3) is 5.56 Å². The molecule has 0 radical (unpaired) electrons. The molecule has 0 aliphatic heterocycles. The fourth-order valence-electron chi connectivity index (χ4n) is 2.85. The first kappa shape index (κ1) is 18.7. The van der Waals surface area contributed by atoms with E-state index >= 15 is 0 Å². The average Bonchev–Trinajstić information content (AvgIpc) is 2.61. The SMILES string of the molecule is COC(=O)c1c(N)c2ccc(N=S(C)(C)=O)cc2n(-c2ccccc2)c1=O. The van der Waals surface area contributed by atoms with Gasteiger partial charge in [-0.15, -0.1) is 0 Å². The van der Waals surface area contributed by atoms with Crippen molar-refractivity contribution in [3.63, 3.8) is 0 Å². The molecule has 0 amide bonds. The molecule has 8 heteroatoms. The number of methoxy groups -OCH3 is 1. The standard InChI is InChI=1S/C19H19N3O4S/c1-26-19(24)16-17(20)14-10-9-12(21-27(2,3)25)11-15(14)22(18(16)23)13-7-5-4-6-8-13/h4-11H,20H2,1-3H3. The molecular weight excluding hydrogens is 366 g/mol. The number of aromatic nitrogens is 1. The van der Waals surface area contributed by atoms with E-state index in [1.807, 2.05) is 6.07 Å². The largest absolute Gasteiger partial charge is 0.465 e. The molecule has 0 bridgehead atoms. The Morgan fingerprint density at radius 1 is 1.15 bits per heavy atom. The van der Waals surface area contributed by atoms with Crippen LogP contribution in [0, 0.1) is 0 Å². The van der Waals surface area contributed by atoms with E-state index in [-0.39, 0.29) is 11.3 Å². The summed E-state index contributed by atoms with van der Waals surface area (Å²) >= 11 is 0. The Hall–Kier alpha value is -3.13. The van der Waals surface area contributed by atoms with Crippen molar-refractivity contribution in [1.82, 2.24) is 4.57 Å². The number of pyridine rings is 1. The van der Waals surface area contributed by atoms with Gasteiger partial charge in [0.15, 0.2) is 0 Å². The van der Waals surface area contributed by atoms with Crippen molar-refractivity contribution in [3.8, 4) is 5.69 Å². The van der Waals surface area contributed by atoms with E-state index in [0.29, 0.717) is 22.3 Å². The summed E-state index contributed by atoms with van der Waals surface area (Å²) in [4.78, 5) is 25.3. The summed E-state index contributed by atoms with van der Waals surface area (Å²) in [6.45, 7) is 0. The molecule has 2 N–H and O–H groups in total. The number of esters is 1. The number of hydrogen-bond acceptors (Lipinski definition) is 6. The van der Waals surface area contributed by atoms with Crippen LogP contribution in [0.3, 0.4) is 0 Å².